The second kappa shape index (κ2) is 12.5. The van der Waals surface area contributed by atoms with Gasteiger partial charge >= 0.3 is 23.6 Å². The lowest BCUT2D eigenvalue weighted by molar-refractivity contribution is -0.0622. The van der Waals surface area contributed by atoms with E-state index in [4.69, 9.17) is 31.2 Å². The Hall–Kier alpha value is -5.40. The molecule has 6 rings (SSSR count). The number of rotatable bonds is 8. The zero-order valence-electron chi connectivity index (χ0n) is 22.8. The Kier molecular flexibility index (Phi) is 8.12. The average molecular weight is 613 g/mol. The number of hydrogen-bond donors (Lipinski definition) is 2. The average Bonchev–Trinajstić information content (AvgIpc) is 3.67. The predicted molar refractivity (Wildman–Crippen MR) is 157 cm³/mol. The summed E-state index contributed by atoms with van der Waals surface area (Å²) in [4.78, 5) is 55.4. The number of hydrogen-bond acceptors (Lipinski definition) is 10. The van der Waals surface area contributed by atoms with Crippen molar-refractivity contribution in [3.63, 3.8) is 0 Å². The maximum absolute atomic E-state index is 13.4. The highest BCUT2D eigenvalue weighted by atomic mass is 32.1. The highest BCUT2D eigenvalue weighted by Crippen LogP contribution is 2.36. The number of fused-ring (bicyclic) bond motifs is 1. The summed E-state index contributed by atoms with van der Waals surface area (Å²) in [6.07, 6.45) is -3.81. The Morgan fingerprint density at radius 1 is 0.795 bits per heavy atom. The number of nitrogens with one attached hydrogen (secondary N) is 2. The maximum Gasteiger partial charge on any atom is 0.338 e. The fourth-order valence-electron chi connectivity index (χ4n) is 4.86. The van der Waals surface area contributed by atoms with Gasteiger partial charge in [-0.25, -0.2) is 23.7 Å². The fourth-order valence-corrected chi connectivity index (χ4v) is 5.10. The molecule has 1 aliphatic heterocycles. The van der Waals surface area contributed by atoms with Crippen molar-refractivity contribution in [3.05, 3.63) is 129 Å². The second-order valence-corrected chi connectivity index (χ2v) is 10.2. The number of carbonyl (C=O) groups excluding carboxylic acids is 3. The largest absolute Gasteiger partial charge is 0.459 e. The molecule has 3 heterocycles. The second-order valence-electron chi connectivity index (χ2n) is 9.76. The molecule has 1 fully saturated rings. The molecule has 13 heteroatoms. The van der Waals surface area contributed by atoms with Gasteiger partial charge in [-0.05, 0) is 36.4 Å². The van der Waals surface area contributed by atoms with Crippen molar-refractivity contribution in [3.8, 4) is 0 Å². The number of benzene rings is 3. The van der Waals surface area contributed by atoms with E-state index in [0.29, 0.717) is 5.39 Å². The van der Waals surface area contributed by atoms with Crippen LogP contribution in [0.3, 0.4) is 0 Å². The fraction of sp³-hybridized carbons (Fsp3) is 0.161. The summed E-state index contributed by atoms with van der Waals surface area (Å²) in [5, 5.41) is 7.13. The highest BCUT2D eigenvalue weighted by molar-refractivity contribution is 7.71. The van der Waals surface area contributed by atoms with Crippen LogP contribution in [0.15, 0.2) is 102 Å². The monoisotopic (exact) mass is 612 g/mol. The maximum atomic E-state index is 13.4. The van der Waals surface area contributed by atoms with Crippen molar-refractivity contribution in [1.82, 2.24) is 19.7 Å². The van der Waals surface area contributed by atoms with Gasteiger partial charge in [0.05, 0.1) is 28.3 Å². The lowest BCUT2D eigenvalue weighted by Gasteiger charge is -2.25. The molecule has 0 saturated carbocycles. The first-order valence-electron chi connectivity index (χ1n) is 13.5. The van der Waals surface area contributed by atoms with Gasteiger partial charge in [0, 0.05) is 0 Å². The molecular formula is C31H24N4O8S. The van der Waals surface area contributed by atoms with Crippen molar-refractivity contribution < 1.29 is 33.3 Å². The van der Waals surface area contributed by atoms with Gasteiger partial charge < -0.3 is 18.9 Å². The third kappa shape index (κ3) is 5.78. The lowest BCUT2D eigenvalue weighted by atomic mass is 10.1. The minimum atomic E-state index is -1.38. The molecule has 12 nitrogen and oxygen atoms in total. The number of nitrogens with zero attached hydrogens (tertiary/aromatic N) is 2. The van der Waals surface area contributed by atoms with E-state index in [9.17, 15) is 19.2 Å². The predicted octanol–water partition coefficient (Wildman–Crippen LogP) is 3.99. The number of aromatic nitrogens is 4. The quantitative estimate of drug-likeness (QED) is 0.149. The van der Waals surface area contributed by atoms with E-state index >= 15 is 0 Å². The number of esters is 3. The molecule has 0 radical (unpaired) electrons. The van der Waals surface area contributed by atoms with Crippen molar-refractivity contribution in [2.24, 2.45) is 0 Å². The molecule has 0 aliphatic carbocycles. The molecule has 4 atom stereocenters. The van der Waals surface area contributed by atoms with Gasteiger partial charge in [0.15, 0.2) is 18.4 Å². The van der Waals surface area contributed by atoms with E-state index in [-0.39, 0.29) is 27.0 Å². The summed E-state index contributed by atoms with van der Waals surface area (Å²) in [7, 11) is 0. The molecule has 0 bridgehead atoms. The molecular weight excluding hydrogens is 588 g/mol. The molecule has 1 saturated heterocycles. The first-order valence-corrected chi connectivity index (χ1v) is 13.9. The summed E-state index contributed by atoms with van der Waals surface area (Å²) < 4.78 is 24.9. The zero-order chi connectivity index (χ0) is 30.6. The molecule has 1 aliphatic rings. The summed E-state index contributed by atoms with van der Waals surface area (Å²) >= 11 is 5.28. The van der Waals surface area contributed by atoms with Crippen molar-refractivity contribution in [2.75, 3.05) is 6.61 Å². The Bertz CT molecular complexity index is 1920. The van der Waals surface area contributed by atoms with Crippen LogP contribution in [0, 0.1) is 4.64 Å². The Morgan fingerprint density at radius 2 is 1.32 bits per heavy atom. The van der Waals surface area contributed by atoms with Gasteiger partial charge in [0.1, 0.15) is 23.0 Å². The molecule has 0 unspecified atom stereocenters. The van der Waals surface area contributed by atoms with E-state index in [2.05, 4.69) is 15.2 Å². The van der Waals surface area contributed by atoms with Gasteiger partial charge in [-0.15, -0.1) is 0 Å². The lowest BCUT2D eigenvalue weighted by Crippen LogP contribution is -2.42. The number of ether oxygens (including phenoxy) is 4. The SMILES string of the molecule is O=C(OC[C@H]1O[C@@H](n2c(=O)[nH]c(=S)c3cn[nH]c32)[C@H](OC(=O)c2ccccc2)[C@@H]1OC(=O)c1ccccc1)c1ccccc1. The Morgan fingerprint density at radius 3 is 1.89 bits per heavy atom. The van der Waals surface area contributed by atoms with E-state index in [0.717, 1.165) is 4.57 Å². The number of aromatic amines is 2. The van der Waals surface area contributed by atoms with E-state index in [1.165, 1.54) is 6.20 Å². The van der Waals surface area contributed by atoms with Crippen LogP contribution in [0.2, 0.25) is 0 Å². The topological polar surface area (TPSA) is 155 Å². The molecule has 2 N–H and O–H groups in total. The van der Waals surface area contributed by atoms with Crippen LogP contribution in [0.4, 0.5) is 0 Å². The standard InChI is InChI=1S/C31H24N4O8S/c36-28(18-10-4-1-5-11-18)40-17-22-23(42-29(37)19-12-6-2-7-13-19)24(43-30(38)20-14-8-3-9-15-20)27(41-22)35-25-21(16-32-34-25)26(44)33-31(35)39/h1-16,22-24,27H,17H2,(H,32,34)(H,33,39,44)/t22-,23-,24-,27-/m1/s1. The zero-order valence-corrected chi connectivity index (χ0v) is 23.6. The van der Waals surface area contributed by atoms with Crippen LogP contribution >= 0.6 is 12.2 Å². The summed E-state index contributed by atoms with van der Waals surface area (Å²) in [6, 6.07) is 24.6. The molecule has 2 aromatic heterocycles. The first kappa shape index (κ1) is 28.7. The third-order valence-electron chi connectivity index (χ3n) is 6.98. The van der Waals surface area contributed by atoms with Crippen LogP contribution in [0.1, 0.15) is 37.3 Å². The number of carbonyl (C=O) groups is 3. The smallest absolute Gasteiger partial charge is 0.338 e. The summed E-state index contributed by atoms with van der Waals surface area (Å²) in [5.74, 6) is -2.16. The van der Waals surface area contributed by atoms with Gasteiger partial charge in [0.25, 0.3) is 0 Å². The van der Waals surface area contributed by atoms with Gasteiger partial charge in [0.2, 0.25) is 0 Å². The Balaban J connectivity index is 1.41. The Labute approximate surface area is 254 Å². The van der Waals surface area contributed by atoms with Gasteiger partial charge in [-0.3, -0.25) is 10.1 Å². The molecule has 222 valence electrons. The highest BCUT2D eigenvalue weighted by Gasteiger charge is 2.52. The molecule has 3 aromatic carbocycles. The van der Waals surface area contributed by atoms with E-state index < -0.39 is 54.7 Å². The van der Waals surface area contributed by atoms with Crippen molar-refractivity contribution >= 4 is 41.2 Å². The van der Waals surface area contributed by atoms with Crippen LogP contribution in [-0.2, 0) is 18.9 Å². The number of H-pyrrole nitrogens is 2. The minimum Gasteiger partial charge on any atom is -0.459 e. The van der Waals surface area contributed by atoms with Gasteiger partial charge in [-0.2, -0.15) is 5.10 Å². The van der Waals surface area contributed by atoms with Crippen molar-refractivity contribution in [1.29, 1.82) is 0 Å². The van der Waals surface area contributed by atoms with Crippen LogP contribution in [-0.4, -0.2) is 62.6 Å². The first-order chi connectivity index (χ1) is 21.4. The van der Waals surface area contributed by atoms with E-state index in [1.807, 2.05) is 0 Å². The van der Waals surface area contributed by atoms with Crippen LogP contribution < -0.4 is 5.69 Å². The van der Waals surface area contributed by atoms with Crippen LogP contribution in [0.5, 0.6) is 0 Å². The van der Waals surface area contributed by atoms with Crippen LogP contribution in [0.25, 0.3) is 11.0 Å². The third-order valence-corrected chi connectivity index (χ3v) is 7.30. The molecule has 44 heavy (non-hydrogen) atoms. The summed E-state index contributed by atoms with van der Waals surface area (Å²) in [5.41, 5.74) is 0.205. The van der Waals surface area contributed by atoms with Gasteiger partial charge in [-0.1, -0.05) is 66.8 Å². The minimum absolute atomic E-state index is 0.131. The summed E-state index contributed by atoms with van der Waals surface area (Å²) in [6.45, 7) is -0.403. The van der Waals surface area contributed by atoms with Crippen molar-refractivity contribution in [2.45, 2.75) is 24.5 Å². The molecule has 0 spiro atoms. The normalized spacial score (nSPS) is 19.4. The van der Waals surface area contributed by atoms with E-state index in [1.54, 1.807) is 91.0 Å². The molecule has 0 amide bonds. The molecule has 5 aromatic rings.